The fourth-order valence-electron chi connectivity index (χ4n) is 2.12. The molecule has 1 N–H and O–H groups in total. The highest BCUT2D eigenvalue weighted by Crippen LogP contribution is 2.09. The maximum absolute atomic E-state index is 9.04. The summed E-state index contributed by atoms with van der Waals surface area (Å²) in [5, 5.41) is 13.4. The van der Waals surface area contributed by atoms with E-state index in [1.165, 1.54) is 25.9 Å². The van der Waals surface area contributed by atoms with Crippen LogP contribution in [-0.2, 0) is 20.1 Å². The zero-order valence-corrected chi connectivity index (χ0v) is 9.32. The normalized spacial score (nSPS) is 17.5. The molecule has 1 saturated heterocycles. The highest BCUT2D eigenvalue weighted by Gasteiger charge is 2.12. The molecule has 0 spiro atoms. The predicted molar refractivity (Wildman–Crippen MR) is 58.5 cm³/mol. The Bertz CT molecular complexity index is 316. The van der Waals surface area contributed by atoms with E-state index in [0.29, 0.717) is 0 Å². The molecule has 2 heterocycles. The van der Waals surface area contributed by atoms with Crippen molar-refractivity contribution in [2.75, 3.05) is 19.6 Å². The third-order valence-electron chi connectivity index (χ3n) is 3.07. The first kappa shape index (κ1) is 10.6. The van der Waals surface area contributed by atoms with Crippen molar-refractivity contribution in [3.05, 3.63) is 17.5 Å². The zero-order chi connectivity index (χ0) is 10.7. The molecule has 0 atom stereocenters. The van der Waals surface area contributed by atoms with E-state index >= 15 is 0 Å². The predicted octanol–water partition coefficient (Wildman–Crippen LogP) is 0.551. The fraction of sp³-hybridized carbons (Fsp3) is 0.727. The molecule has 0 aromatic carbocycles. The summed E-state index contributed by atoms with van der Waals surface area (Å²) >= 11 is 0. The van der Waals surface area contributed by atoms with Gasteiger partial charge in [-0.1, -0.05) is 0 Å². The molecular formula is C11H19N3O. The SMILES string of the molecule is Cn1nc(CCN2CCCC2)cc1CO. The van der Waals surface area contributed by atoms with Gasteiger partial charge in [-0.25, -0.2) is 0 Å². The van der Waals surface area contributed by atoms with E-state index < -0.39 is 0 Å². The number of aromatic nitrogens is 2. The third-order valence-corrected chi connectivity index (χ3v) is 3.07. The summed E-state index contributed by atoms with van der Waals surface area (Å²) in [6, 6.07) is 2.00. The van der Waals surface area contributed by atoms with Crippen LogP contribution >= 0.6 is 0 Å². The summed E-state index contributed by atoms with van der Waals surface area (Å²) in [5.41, 5.74) is 1.99. The van der Waals surface area contributed by atoms with Crippen LogP contribution in [0, 0.1) is 0 Å². The molecule has 0 radical (unpaired) electrons. The maximum Gasteiger partial charge on any atom is 0.0849 e. The van der Waals surface area contributed by atoms with Crippen LogP contribution in [0.25, 0.3) is 0 Å². The Morgan fingerprint density at radius 2 is 2.13 bits per heavy atom. The molecule has 0 unspecified atom stereocenters. The smallest absolute Gasteiger partial charge is 0.0849 e. The highest BCUT2D eigenvalue weighted by atomic mass is 16.3. The second kappa shape index (κ2) is 4.77. The van der Waals surface area contributed by atoms with E-state index in [9.17, 15) is 0 Å². The van der Waals surface area contributed by atoms with Gasteiger partial charge in [0, 0.05) is 20.0 Å². The second-order valence-corrected chi connectivity index (χ2v) is 4.21. The number of hydrogen-bond donors (Lipinski definition) is 1. The minimum absolute atomic E-state index is 0.0766. The number of rotatable bonds is 4. The first-order chi connectivity index (χ1) is 7.29. The molecule has 1 aromatic rings. The van der Waals surface area contributed by atoms with Crippen LogP contribution in [0.1, 0.15) is 24.2 Å². The molecular weight excluding hydrogens is 190 g/mol. The largest absolute Gasteiger partial charge is 0.390 e. The Hall–Kier alpha value is -0.870. The average Bonchev–Trinajstić information content (AvgIpc) is 2.83. The van der Waals surface area contributed by atoms with Crippen LogP contribution in [0.4, 0.5) is 0 Å². The van der Waals surface area contributed by atoms with E-state index in [1.807, 2.05) is 13.1 Å². The highest BCUT2D eigenvalue weighted by molar-refractivity contribution is 5.09. The lowest BCUT2D eigenvalue weighted by atomic mass is 10.3. The molecule has 4 nitrogen and oxygen atoms in total. The summed E-state index contributed by atoms with van der Waals surface area (Å²) < 4.78 is 1.76. The van der Waals surface area contributed by atoms with Crippen LogP contribution in [0.15, 0.2) is 6.07 Å². The number of nitrogens with zero attached hydrogens (tertiary/aromatic N) is 3. The molecule has 84 valence electrons. The molecule has 1 aromatic heterocycles. The van der Waals surface area contributed by atoms with Gasteiger partial charge in [-0.15, -0.1) is 0 Å². The average molecular weight is 209 g/mol. The van der Waals surface area contributed by atoms with E-state index in [0.717, 1.165) is 24.4 Å². The van der Waals surface area contributed by atoms with Crippen molar-refractivity contribution in [3.63, 3.8) is 0 Å². The minimum atomic E-state index is 0.0766. The number of aryl methyl sites for hydroxylation is 1. The Kier molecular flexibility index (Phi) is 3.38. The first-order valence-corrected chi connectivity index (χ1v) is 5.64. The van der Waals surface area contributed by atoms with Crippen LogP contribution in [0.5, 0.6) is 0 Å². The van der Waals surface area contributed by atoms with Crippen molar-refractivity contribution in [2.24, 2.45) is 7.05 Å². The number of likely N-dealkylation sites (tertiary alicyclic amines) is 1. The minimum Gasteiger partial charge on any atom is -0.390 e. The zero-order valence-electron chi connectivity index (χ0n) is 9.32. The number of aliphatic hydroxyl groups is 1. The fourth-order valence-corrected chi connectivity index (χ4v) is 2.12. The van der Waals surface area contributed by atoms with Gasteiger partial charge in [0.2, 0.25) is 0 Å². The van der Waals surface area contributed by atoms with E-state index in [-0.39, 0.29) is 6.61 Å². The summed E-state index contributed by atoms with van der Waals surface area (Å²) in [6.07, 6.45) is 3.67. The second-order valence-electron chi connectivity index (χ2n) is 4.21. The molecule has 1 aliphatic rings. The van der Waals surface area contributed by atoms with Gasteiger partial charge >= 0.3 is 0 Å². The quantitative estimate of drug-likeness (QED) is 0.787. The van der Waals surface area contributed by atoms with Crippen LogP contribution in [0.2, 0.25) is 0 Å². The van der Waals surface area contributed by atoms with Gasteiger partial charge in [-0.3, -0.25) is 4.68 Å². The van der Waals surface area contributed by atoms with Gasteiger partial charge in [-0.2, -0.15) is 5.10 Å². The van der Waals surface area contributed by atoms with E-state index in [1.54, 1.807) is 4.68 Å². The van der Waals surface area contributed by atoms with Gasteiger partial charge < -0.3 is 10.0 Å². The summed E-state index contributed by atoms with van der Waals surface area (Å²) in [6.45, 7) is 3.65. The van der Waals surface area contributed by atoms with Gasteiger partial charge in [0.25, 0.3) is 0 Å². The lowest BCUT2D eigenvalue weighted by Crippen LogP contribution is -2.22. The van der Waals surface area contributed by atoms with Crippen molar-refractivity contribution in [1.82, 2.24) is 14.7 Å². The number of hydrogen-bond acceptors (Lipinski definition) is 3. The van der Waals surface area contributed by atoms with Crippen molar-refractivity contribution in [2.45, 2.75) is 25.9 Å². The van der Waals surface area contributed by atoms with Gasteiger partial charge in [0.05, 0.1) is 18.0 Å². The molecule has 1 aliphatic heterocycles. The summed E-state index contributed by atoms with van der Waals surface area (Å²) in [7, 11) is 1.88. The Labute approximate surface area is 90.5 Å². The Balaban J connectivity index is 1.87. The molecule has 15 heavy (non-hydrogen) atoms. The van der Waals surface area contributed by atoms with Crippen LogP contribution < -0.4 is 0 Å². The standard InChI is InChI=1S/C11H19N3O/c1-13-11(9-15)8-10(12-13)4-7-14-5-2-3-6-14/h8,15H,2-7,9H2,1H3. The molecule has 4 heteroatoms. The topological polar surface area (TPSA) is 41.3 Å². The molecule has 1 fully saturated rings. The number of aliphatic hydroxyl groups excluding tert-OH is 1. The van der Waals surface area contributed by atoms with Crippen molar-refractivity contribution < 1.29 is 5.11 Å². The third kappa shape index (κ3) is 2.58. The Morgan fingerprint density at radius 3 is 2.73 bits per heavy atom. The summed E-state index contributed by atoms with van der Waals surface area (Å²) in [5.74, 6) is 0. The van der Waals surface area contributed by atoms with Crippen LogP contribution in [-0.4, -0.2) is 39.4 Å². The maximum atomic E-state index is 9.04. The first-order valence-electron chi connectivity index (χ1n) is 5.64. The van der Waals surface area contributed by atoms with Crippen LogP contribution in [0.3, 0.4) is 0 Å². The lowest BCUT2D eigenvalue weighted by Gasteiger charge is -2.12. The molecule has 0 amide bonds. The van der Waals surface area contributed by atoms with Gasteiger partial charge in [0.15, 0.2) is 0 Å². The van der Waals surface area contributed by atoms with Gasteiger partial charge in [-0.05, 0) is 32.0 Å². The summed E-state index contributed by atoms with van der Waals surface area (Å²) in [4.78, 5) is 2.48. The van der Waals surface area contributed by atoms with Gasteiger partial charge in [0.1, 0.15) is 0 Å². The Morgan fingerprint density at radius 1 is 1.40 bits per heavy atom. The molecule has 0 bridgehead atoms. The molecule has 0 saturated carbocycles. The molecule has 2 rings (SSSR count). The van der Waals surface area contributed by atoms with Crippen molar-refractivity contribution in [1.29, 1.82) is 0 Å². The lowest BCUT2D eigenvalue weighted by molar-refractivity contribution is 0.270. The van der Waals surface area contributed by atoms with E-state index in [2.05, 4.69) is 10.00 Å². The monoisotopic (exact) mass is 209 g/mol. The van der Waals surface area contributed by atoms with Crippen molar-refractivity contribution in [3.8, 4) is 0 Å². The van der Waals surface area contributed by atoms with E-state index in [4.69, 9.17) is 5.11 Å². The molecule has 0 aliphatic carbocycles. The van der Waals surface area contributed by atoms with Crippen molar-refractivity contribution >= 4 is 0 Å².